The van der Waals surface area contributed by atoms with Gasteiger partial charge in [-0.3, -0.25) is 4.79 Å². The Morgan fingerprint density at radius 1 is 1.19 bits per heavy atom. The first-order valence-corrected chi connectivity index (χ1v) is 8.70. The molecule has 26 heavy (non-hydrogen) atoms. The van der Waals surface area contributed by atoms with E-state index in [0.29, 0.717) is 15.8 Å². The molecule has 0 aliphatic carbocycles. The normalized spacial score (nSPS) is 11.8. The van der Waals surface area contributed by atoms with Crippen LogP contribution in [0.1, 0.15) is 29.0 Å². The molecular weight excluding hydrogens is 373 g/mol. The lowest BCUT2D eigenvalue weighted by Gasteiger charge is -2.15. The Morgan fingerprint density at radius 2 is 1.92 bits per heavy atom. The van der Waals surface area contributed by atoms with E-state index in [1.165, 1.54) is 7.11 Å². The largest absolute Gasteiger partial charge is 0.493 e. The van der Waals surface area contributed by atoms with Gasteiger partial charge in [0.1, 0.15) is 0 Å². The van der Waals surface area contributed by atoms with E-state index in [4.69, 9.17) is 27.9 Å². The van der Waals surface area contributed by atoms with Gasteiger partial charge in [-0.15, -0.1) is 0 Å². The summed E-state index contributed by atoms with van der Waals surface area (Å²) in [4.78, 5) is 12.7. The number of amides is 1. The summed E-state index contributed by atoms with van der Waals surface area (Å²) < 4.78 is 6.91. The molecule has 3 rings (SSSR count). The summed E-state index contributed by atoms with van der Waals surface area (Å²) in [5.74, 6) is 0.0378. The number of rotatable bonds is 5. The minimum absolute atomic E-state index is 0.202. The number of hydrogen-bond donors (Lipinski definition) is 1. The zero-order chi connectivity index (χ0) is 18.7. The van der Waals surface area contributed by atoms with E-state index in [0.717, 1.165) is 11.3 Å². The molecule has 0 fully saturated rings. The first-order valence-electron chi connectivity index (χ1n) is 7.94. The molecule has 1 aromatic heterocycles. The van der Waals surface area contributed by atoms with E-state index in [-0.39, 0.29) is 17.6 Å². The van der Waals surface area contributed by atoms with Gasteiger partial charge in [-0.2, -0.15) is 5.10 Å². The first kappa shape index (κ1) is 18.3. The summed E-state index contributed by atoms with van der Waals surface area (Å²) in [6.45, 7) is 1.84. The Kier molecular flexibility index (Phi) is 5.49. The van der Waals surface area contributed by atoms with Gasteiger partial charge in [-0.1, -0.05) is 47.5 Å². The van der Waals surface area contributed by atoms with Crippen LogP contribution in [-0.2, 0) is 0 Å². The van der Waals surface area contributed by atoms with Crippen LogP contribution in [0.4, 0.5) is 0 Å². The van der Waals surface area contributed by atoms with Gasteiger partial charge < -0.3 is 10.1 Å². The van der Waals surface area contributed by atoms with Crippen LogP contribution in [0.2, 0.25) is 10.0 Å². The molecule has 0 bridgehead atoms. The zero-order valence-corrected chi connectivity index (χ0v) is 15.8. The predicted octanol–water partition coefficient (Wildman–Crippen LogP) is 4.68. The quantitative estimate of drug-likeness (QED) is 0.688. The Labute approximate surface area is 161 Å². The highest BCUT2D eigenvalue weighted by Gasteiger charge is 2.21. The average Bonchev–Trinajstić information content (AvgIpc) is 3.07. The lowest BCUT2D eigenvalue weighted by atomic mass is 10.1. The maximum absolute atomic E-state index is 12.7. The number of carbonyl (C=O) groups excluding carboxylic acids is 1. The molecule has 0 aliphatic heterocycles. The summed E-state index contributed by atoms with van der Waals surface area (Å²) >= 11 is 12.1. The minimum Gasteiger partial charge on any atom is -0.493 e. The summed E-state index contributed by atoms with van der Waals surface area (Å²) in [7, 11) is 1.50. The number of aromatic nitrogens is 2. The summed E-state index contributed by atoms with van der Waals surface area (Å²) in [6, 6.07) is 14.3. The van der Waals surface area contributed by atoms with E-state index in [1.807, 2.05) is 37.3 Å². The van der Waals surface area contributed by atoms with Gasteiger partial charge >= 0.3 is 0 Å². The molecule has 0 saturated carbocycles. The fraction of sp³-hybridized carbons (Fsp3) is 0.158. The second-order valence-electron chi connectivity index (χ2n) is 5.69. The van der Waals surface area contributed by atoms with E-state index >= 15 is 0 Å². The maximum atomic E-state index is 12.7. The molecule has 0 aliphatic rings. The Balaban J connectivity index is 1.84. The van der Waals surface area contributed by atoms with Crippen molar-refractivity contribution >= 4 is 29.1 Å². The maximum Gasteiger partial charge on any atom is 0.276 e. The predicted molar refractivity (Wildman–Crippen MR) is 102 cm³/mol. The Hall–Kier alpha value is -2.50. The van der Waals surface area contributed by atoms with Crippen molar-refractivity contribution in [2.75, 3.05) is 7.11 Å². The van der Waals surface area contributed by atoms with Crippen LogP contribution in [-0.4, -0.2) is 22.8 Å². The number of nitrogens with one attached hydrogen (secondary N) is 1. The number of methoxy groups -OCH3 is 1. The van der Waals surface area contributed by atoms with Crippen LogP contribution >= 0.6 is 23.2 Å². The molecular formula is C19H17Cl2N3O2. The third-order valence-corrected chi connectivity index (χ3v) is 4.48. The van der Waals surface area contributed by atoms with Gasteiger partial charge in [0.25, 0.3) is 5.91 Å². The van der Waals surface area contributed by atoms with Crippen LogP contribution < -0.4 is 10.1 Å². The van der Waals surface area contributed by atoms with Gasteiger partial charge in [-0.25, -0.2) is 4.68 Å². The number of hydrogen-bond acceptors (Lipinski definition) is 3. The van der Waals surface area contributed by atoms with Gasteiger partial charge in [0, 0.05) is 10.0 Å². The Morgan fingerprint density at radius 3 is 2.58 bits per heavy atom. The van der Waals surface area contributed by atoms with Gasteiger partial charge in [0.05, 0.1) is 25.0 Å². The van der Waals surface area contributed by atoms with Crippen LogP contribution in [0.15, 0.2) is 54.7 Å². The number of carbonyl (C=O) groups is 1. The standard InChI is InChI=1S/C19H17Cl2N3O2/c1-12(15-9-8-13(20)10-16(15)21)22-19(25)18-17(26-2)11-24(23-18)14-6-4-3-5-7-14/h3-12H,1-2H3,(H,22,25). The fourth-order valence-corrected chi connectivity index (χ4v) is 3.15. The van der Waals surface area contributed by atoms with E-state index in [1.54, 1.807) is 29.1 Å². The molecule has 1 amide bonds. The fourth-order valence-electron chi connectivity index (χ4n) is 2.57. The van der Waals surface area contributed by atoms with Crippen LogP contribution in [0.5, 0.6) is 5.75 Å². The molecule has 1 atom stereocenters. The van der Waals surface area contributed by atoms with Gasteiger partial charge in [-0.05, 0) is 36.8 Å². The van der Waals surface area contributed by atoms with E-state index < -0.39 is 0 Å². The van der Waals surface area contributed by atoms with Crippen molar-refractivity contribution < 1.29 is 9.53 Å². The lowest BCUT2D eigenvalue weighted by molar-refractivity contribution is 0.0931. The number of ether oxygens (including phenoxy) is 1. The number of para-hydroxylation sites is 1. The van der Waals surface area contributed by atoms with Crippen molar-refractivity contribution in [3.8, 4) is 11.4 Å². The molecule has 134 valence electrons. The lowest BCUT2D eigenvalue weighted by Crippen LogP contribution is -2.27. The van der Waals surface area contributed by atoms with E-state index in [2.05, 4.69) is 10.4 Å². The van der Waals surface area contributed by atoms with Crippen molar-refractivity contribution in [2.24, 2.45) is 0 Å². The average molecular weight is 390 g/mol. The molecule has 0 spiro atoms. The molecule has 1 unspecified atom stereocenters. The molecule has 1 N–H and O–H groups in total. The molecule has 7 heteroatoms. The van der Waals surface area contributed by atoms with Crippen molar-refractivity contribution in [2.45, 2.75) is 13.0 Å². The second-order valence-corrected chi connectivity index (χ2v) is 6.53. The number of benzene rings is 2. The highest BCUT2D eigenvalue weighted by Crippen LogP contribution is 2.27. The van der Waals surface area contributed by atoms with Crippen molar-refractivity contribution in [3.05, 3.63) is 76.0 Å². The molecule has 0 radical (unpaired) electrons. The zero-order valence-electron chi connectivity index (χ0n) is 14.2. The molecule has 0 saturated heterocycles. The molecule has 2 aromatic carbocycles. The summed E-state index contributed by atoms with van der Waals surface area (Å²) in [6.07, 6.45) is 1.67. The smallest absolute Gasteiger partial charge is 0.276 e. The molecule has 1 heterocycles. The monoisotopic (exact) mass is 389 g/mol. The third-order valence-electron chi connectivity index (χ3n) is 3.91. The van der Waals surface area contributed by atoms with Crippen molar-refractivity contribution in [1.82, 2.24) is 15.1 Å². The second kappa shape index (κ2) is 7.81. The minimum atomic E-state index is -0.352. The van der Waals surface area contributed by atoms with Crippen LogP contribution in [0, 0.1) is 0 Å². The van der Waals surface area contributed by atoms with Gasteiger partial charge in [0.2, 0.25) is 0 Å². The Bertz CT molecular complexity index is 926. The number of halogens is 2. The molecule has 3 aromatic rings. The van der Waals surface area contributed by atoms with Gasteiger partial charge in [0.15, 0.2) is 11.4 Å². The first-order chi connectivity index (χ1) is 12.5. The van der Waals surface area contributed by atoms with Crippen molar-refractivity contribution in [1.29, 1.82) is 0 Å². The summed E-state index contributed by atoms with van der Waals surface area (Å²) in [5.41, 5.74) is 1.80. The highest BCUT2D eigenvalue weighted by atomic mass is 35.5. The molecule has 5 nitrogen and oxygen atoms in total. The highest BCUT2D eigenvalue weighted by molar-refractivity contribution is 6.35. The van der Waals surface area contributed by atoms with Crippen LogP contribution in [0.3, 0.4) is 0 Å². The third kappa shape index (κ3) is 3.84. The SMILES string of the molecule is COc1cn(-c2ccccc2)nc1C(=O)NC(C)c1ccc(Cl)cc1Cl. The van der Waals surface area contributed by atoms with E-state index in [9.17, 15) is 4.79 Å². The van der Waals surface area contributed by atoms with Crippen LogP contribution in [0.25, 0.3) is 5.69 Å². The summed E-state index contributed by atoms with van der Waals surface area (Å²) in [5, 5.41) is 8.28. The topological polar surface area (TPSA) is 56.2 Å². The van der Waals surface area contributed by atoms with Crippen molar-refractivity contribution in [3.63, 3.8) is 0 Å². The number of nitrogens with zero attached hydrogens (tertiary/aromatic N) is 2.